The van der Waals surface area contributed by atoms with Gasteiger partial charge < -0.3 is 76.5 Å². The first-order chi connectivity index (χ1) is 47.0. The van der Waals surface area contributed by atoms with Gasteiger partial charge in [0, 0.05) is 61.8 Å². The summed E-state index contributed by atoms with van der Waals surface area (Å²) in [5.41, 5.74) is 5.18. The molecule has 1 aliphatic heterocycles. The van der Waals surface area contributed by atoms with Gasteiger partial charge in [0.15, 0.2) is 6.73 Å². The van der Waals surface area contributed by atoms with Crippen LogP contribution in [-0.4, -0.2) is 222 Å². The standard InChI is InChI=1S/C63H94N10O23S4/c1-11-15-52(83)95-32-73(60(90)53(34(5)12-2)69-59(89)46-16-13-14-21-72(46)10)47(33(3)4)29-48(96-38(9)75)62(97)98-30-36(7)54(84)65-40(25-39-17-19-41(76)20-18-39)24-35(6)55(85)70-71-63(93)94-22-23-99-100-31-45(61(91)92)68-58(88)44(28-51(81)82)67-57(87)43(27-50(79)80)66-56(86)42(26-49(77)78)64-37(8)74/h17-20,30,33-35,40,42-48,53,76H,11-16,21-29,31-32H2,1-10H3,(H,64,74)(H,65,84)(H,66,86)(H,67,87)(H,68,88)(H,69,89)(H,70,85)(H,71,93)(H,77,78)(H,79,80)(H,81,82)(H,91,92)/b36-30+/t34?,35-,40+,42-,43-,44-,45+,46+,47+,48+,53-/m0/s1. The number of likely N-dealkylation sites (N-methyl/N-ethyl adjacent to an activating group) is 1. The highest BCUT2D eigenvalue weighted by Crippen LogP contribution is 2.28. The number of thioether (sulfide) groups is 1. The number of ether oxygens (including phenoxy) is 3. The van der Waals surface area contributed by atoms with E-state index in [1.807, 2.05) is 55.6 Å². The molecular weight excluding hydrogens is 1390 g/mol. The molecule has 100 heavy (non-hydrogen) atoms. The third kappa shape index (κ3) is 33.3. The number of piperidine rings is 1. The molecule has 0 aromatic heterocycles. The van der Waals surface area contributed by atoms with Crippen LogP contribution >= 0.6 is 45.6 Å². The second kappa shape index (κ2) is 45.5. The molecular formula is C63H94N10O23S4. The maximum Gasteiger partial charge on any atom is 0.426 e. The van der Waals surface area contributed by atoms with Gasteiger partial charge in [-0.25, -0.2) is 15.0 Å². The van der Waals surface area contributed by atoms with Gasteiger partial charge in [0.2, 0.25) is 47.3 Å². The third-order valence-electron chi connectivity index (χ3n) is 15.4. The number of likely N-dealkylation sites (tertiary alicyclic amines) is 1. The molecule has 0 aliphatic carbocycles. The fourth-order valence-electron chi connectivity index (χ4n) is 9.85. The number of thiocarbonyl (C=S) groups is 1. The van der Waals surface area contributed by atoms with Crippen LogP contribution in [0.4, 0.5) is 4.79 Å². The van der Waals surface area contributed by atoms with Crippen LogP contribution in [0, 0.1) is 17.8 Å². The number of carbonyl (C=O) groups excluding carboxylic acids is 11. The minimum absolute atomic E-state index is 0.00519. The lowest BCUT2D eigenvalue weighted by Crippen LogP contribution is -2.59. The first-order valence-electron chi connectivity index (χ1n) is 32.1. The van der Waals surface area contributed by atoms with Gasteiger partial charge in [-0.1, -0.05) is 112 Å². The average molecular weight is 1490 g/mol. The molecule has 1 fully saturated rings. The van der Waals surface area contributed by atoms with E-state index in [0.29, 0.717) is 24.8 Å². The number of benzene rings is 1. The Labute approximate surface area is 596 Å². The molecule has 1 aromatic carbocycles. The molecule has 0 radical (unpaired) electrons. The van der Waals surface area contributed by atoms with Gasteiger partial charge in [-0.3, -0.25) is 72.7 Å². The van der Waals surface area contributed by atoms with Gasteiger partial charge in [-0.05, 0) is 87.6 Å². The quantitative estimate of drug-likeness (QED) is 0.00653. The van der Waals surface area contributed by atoms with E-state index < -0.39 is 175 Å². The first kappa shape index (κ1) is 87.8. The number of esters is 2. The molecule has 33 nitrogen and oxygen atoms in total. The number of phenols is 1. The fraction of sp³-hybridized carbons (Fsp3) is 0.619. The summed E-state index contributed by atoms with van der Waals surface area (Å²) in [4.78, 5) is 195. The van der Waals surface area contributed by atoms with Crippen molar-refractivity contribution in [3.63, 3.8) is 0 Å². The normalized spacial score (nSPS) is 16.0. The molecule has 2 rings (SSSR count). The predicted molar refractivity (Wildman–Crippen MR) is 370 cm³/mol. The molecule has 0 saturated carbocycles. The van der Waals surface area contributed by atoms with Crippen molar-refractivity contribution in [2.75, 3.05) is 38.4 Å². The molecule has 9 amide bonds. The summed E-state index contributed by atoms with van der Waals surface area (Å²) in [7, 11) is 3.68. The Morgan fingerprint density at radius 1 is 0.710 bits per heavy atom. The Morgan fingerprint density at radius 3 is 1.79 bits per heavy atom. The maximum absolute atomic E-state index is 14.9. The van der Waals surface area contributed by atoms with Gasteiger partial charge in [0.05, 0.1) is 29.5 Å². The Bertz CT molecular complexity index is 3060. The van der Waals surface area contributed by atoms with Gasteiger partial charge in [-0.2, -0.15) is 0 Å². The fourth-order valence-corrected chi connectivity index (χ4v) is 12.8. The number of nitrogens with one attached hydrogen (secondary N) is 8. The smallest absolute Gasteiger partial charge is 0.426 e. The highest BCUT2D eigenvalue weighted by atomic mass is 33.1. The molecule has 1 aliphatic rings. The number of nitrogens with zero attached hydrogens (tertiary/aromatic N) is 2. The van der Waals surface area contributed by atoms with E-state index in [1.165, 1.54) is 43.2 Å². The topological polar surface area (TPSA) is 488 Å². The molecule has 37 heteroatoms. The number of hydrogen-bond acceptors (Lipinski definition) is 24. The van der Waals surface area contributed by atoms with Crippen LogP contribution in [0.1, 0.15) is 139 Å². The summed E-state index contributed by atoms with van der Waals surface area (Å²) >= 11 is 6.78. The van der Waals surface area contributed by atoms with Crippen molar-refractivity contribution in [1.82, 2.24) is 52.6 Å². The summed E-state index contributed by atoms with van der Waals surface area (Å²) in [5, 5.41) is 63.2. The molecule has 11 atom stereocenters. The number of amides is 9. The zero-order valence-electron chi connectivity index (χ0n) is 57.4. The summed E-state index contributed by atoms with van der Waals surface area (Å²) in [6, 6.07) is -4.46. The Morgan fingerprint density at radius 2 is 1.28 bits per heavy atom. The lowest BCUT2D eigenvalue weighted by Gasteiger charge is -2.39. The van der Waals surface area contributed by atoms with Crippen LogP contribution in [0.3, 0.4) is 0 Å². The number of aliphatic carboxylic acids is 4. The Balaban J connectivity index is 2.16. The number of hydrazine groups is 1. The van der Waals surface area contributed by atoms with Crippen molar-refractivity contribution in [3.05, 3.63) is 40.8 Å². The van der Waals surface area contributed by atoms with E-state index in [-0.39, 0.29) is 71.3 Å². The lowest BCUT2D eigenvalue weighted by atomic mass is 9.92. The predicted octanol–water partition coefficient (Wildman–Crippen LogP) is 2.51. The third-order valence-corrected chi connectivity index (χ3v) is 19.3. The summed E-state index contributed by atoms with van der Waals surface area (Å²) in [6.07, 6.45) is -1.96. The number of hydrogen-bond donors (Lipinski definition) is 13. The summed E-state index contributed by atoms with van der Waals surface area (Å²) < 4.78 is 16.7. The van der Waals surface area contributed by atoms with E-state index in [1.54, 1.807) is 19.1 Å². The highest BCUT2D eigenvalue weighted by molar-refractivity contribution is 8.76. The van der Waals surface area contributed by atoms with E-state index in [0.717, 1.165) is 59.7 Å². The van der Waals surface area contributed by atoms with E-state index in [4.69, 9.17) is 31.5 Å². The zero-order valence-corrected chi connectivity index (χ0v) is 60.7. The molecule has 13 N–H and O–H groups in total. The van der Waals surface area contributed by atoms with E-state index >= 15 is 0 Å². The maximum atomic E-state index is 14.9. The Kier molecular flexibility index (Phi) is 39.9. The van der Waals surface area contributed by atoms with E-state index in [2.05, 4.69) is 26.8 Å². The molecule has 0 spiro atoms. The number of carboxylic acids is 4. The molecule has 558 valence electrons. The van der Waals surface area contributed by atoms with Crippen molar-refractivity contribution in [2.24, 2.45) is 17.8 Å². The van der Waals surface area contributed by atoms with Gasteiger partial charge in [-0.15, -0.1) is 0 Å². The molecule has 1 heterocycles. The number of carbonyl (C=O) groups is 15. The van der Waals surface area contributed by atoms with Crippen molar-refractivity contribution < 1.29 is 112 Å². The van der Waals surface area contributed by atoms with Crippen LogP contribution in [-0.2, 0) is 87.8 Å². The number of aromatic hydroxyl groups is 1. The SMILES string of the molecule is CCCC(=O)OCN(C(=O)[C@@H](NC(=O)[C@H]1CCCCN1C)C(C)CC)[C@H](C[C@@H](OC(C)=O)C(=S)S/C=C(\C)C(=O)N[C@@H](Cc1ccc(O)cc1)C[C@H](C)C(=O)NNC(=O)OCCSSC[C@@H](NC(=O)[C@H](CC(=O)O)NC(=O)[C@H](CC(=O)O)NC(=O)[C@H](CC(=O)O)NC(C)=O)C(=O)O)C(C)C. The summed E-state index contributed by atoms with van der Waals surface area (Å²) in [6.45, 7) is 14.3. The van der Waals surface area contributed by atoms with Crippen molar-refractivity contribution in [2.45, 2.75) is 194 Å². The van der Waals surface area contributed by atoms with Gasteiger partial charge >= 0.3 is 41.9 Å². The van der Waals surface area contributed by atoms with E-state index in [9.17, 15) is 92.3 Å². The van der Waals surface area contributed by atoms with Crippen molar-refractivity contribution in [1.29, 1.82) is 0 Å². The lowest BCUT2D eigenvalue weighted by molar-refractivity contribution is -0.160. The number of carboxylic acid groups (broad SMARTS) is 4. The molecule has 0 bridgehead atoms. The second-order valence-electron chi connectivity index (χ2n) is 24.1. The minimum atomic E-state index is -2.05. The Hall–Kier alpha value is -8.29. The molecule has 1 unspecified atom stereocenters. The number of phenolic OH excluding ortho intramolecular Hbond substituents is 1. The van der Waals surface area contributed by atoms with Crippen molar-refractivity contribution in [3.8, 4) is 5.75 Å². The monoisotopic (exact) mass is 1490 g/mol. The highest BCUT2D eigenvalue weighted by Gasteiger charge is 2.40. The van der Waals surface area contributed by atoms with Gasteiger partial charge in [0.25, 0.3) is 0 Å². The zero-order chi connectivity index (χ0) is 75.5. The van der Waals surface area contributed by atoms with Crippen molar-refractivity contribution >= 4 is 139 Å². The van der Waals surface area contributed by atoms with Gasteiger partial charge in [0.1, 0.15) is 48.7 Å². The van der Waals surface area contributed by atoms with Crippen LogP contribution in [0.25, 0.3) is 0 Å². The van der Waals surface area contributed by atoms with Crippen LogP contribution in [0.5, 0.6) is 5.75 Å². The number of rotatable bonds is 43. The van der Waals surface area contributed by atoms with Crippen LogP contribution in [0.15, 0.2) is 35.2 Å². The van der Waals surface area contributed by atoms with Crippen LogP contribution < -0.4 is 42.8 Å². The second-order valence-corrected chi connectivity index (χ2v) is 28.3. The summed E-state index contributed by atoms with van der Waals surface area (Å²) in [5.74, 6) is -16.8. The first-order valence-corrected chi connectivity index (χ1v) is 35.9. The molecule has 1 saturated heterocycles. The average Bonchev–Trinajstić information content (AvgIpc) is 0.818. The molecule has 1 aromatic rings. The van der Waals surface area contributed by atoms with Crippen LogP contribution in [0.2, 0.25) is 0 Å². The minimum Gasteiger partial charge on any atom is -0.508 e. The largest absolute Gasteiger partial charge is 0.508 e.